The second-order valence-corrected chi connectivity index (χ2v) is 6.26. The maximum absolute atomic E-state index is 12.9. The van der Waals surface area contributed by atoms with E-state index in [1.807, 2.05) is 6.07 Å². The zero-order valence-corrected chi connectivity index (χ0v) is 14.2. The number of hydrogen-bond acceptors (Lipinski definition) is 4. The van der Waals surface area contributed by atoms with Gasteiger partial charge in [-0.2, -0.15) is 0 Å². The summed E-state index contributed by atoms with van der Waals surface area (Å²) < 4.78 is 18.2. The van der Waals surface area contributed by atoms with Gasteiger partial charge in [-0.1, -0.05) is 30.3 Å². The molecule has 7 heteroatoms. The predicted molar refractivity (Wildman–Crippen MR) is 91.9 cm³/mol. The zero-order chi connectivity index (χ0) is 18.7. The van der Waals surface area contributed by atoms with E-state index in [2.05, 4.69) is 5.32 Å². The summed E-state index contributed by atoms with van der Waals surface area (Å²) >= 11 is 0. The monoisotopic (exact) mass is 358 g/mol. The highest BCUT2D eigenvalue weighted by Crippen LogP contribution is 2.28. The van der Waals surface area contributed by atoms with Gasteiger partial charge in [-0.25, -0.2) is 9.18 Å². The molecule has 2 aromatic carbocycles. The van der Waals surface area contributed by atoms with Crippen molar-refractivity contribution in [2.45, 2.75) is 18.6 Å². The molecule has 3 amide bonds. The normalized spacial score (nSPS) is 20.8. The maximum Gasteiger partial charge on any atom is 0.325 e. The van der Waals surface area contributed by atoms with E-state index in [1.54, 1.807) is 31.2 Å². The molecule has 1 aliphatic rings. The average molecular weight is 358 g/mol. The van der Waals surface area contributed by atoms with Crippen LogP contribution < -0.4 is 10.1 Å². The van der Waals surface area contributed by atoms with Crippen LogP contribution in [-0.2, 0) is 10.3 Å². The smallest absolute Gasteiger partial charge is 0.325 e. The lowest BCUT2D eigenvalue weighted by atomic mass is 9.92. The third-order valence-electron chi connectivity index (χ3n) is 4.28. The van der Waals surface area contributed by atoms with Crippen LogP contribution >= 0.6 is 0 Å². The number of nitrogens with one attached hydrogen (secondary N) is 1. The standard InChI is InChI=1S/C19H19FN2O4/c1-19(13-5-3-2-4-6-13)17(24)22(18(25)21-19)11-15(23)12-26-16-9-7-14(20)8-10-16/h2-10,15,23H,11-12H2,1H3,(H,21,25). The number of aliphatic hydroxyl groups is 1. The van der Waals surface area contributed by atoms with E-state index in [4.69, 9.17) is 4.74 Å². The molecule has 2 unspecified atom stereocenters. The molecule has 2 atom stereocenters. The van der Waals surface area contributed by atoms with Crippen LogP contribution in [0.15, 0.2) is 54.6 Å². The summed E-state index contributed by atoms with van der Waals surface area (Å²) in [6.07, 6.45) is -1.08. The number of carbonyl (C=O) groups excluding carboxylic acids is 2. The van der Waals surface area contributed by atoms with Crippen LogP contribution in [-0.4, -0.2) is 41.2 Å². The van der Waals surface area contributed by atoms with E-state index in [0.717, 1.165) is 4.90 Å². The summed E-state index contributed by atoms with van der Waals surface area (Å²) in [4.78, 5) is 25.9. The summed E-state index contributed by atoms with van der Waals surface area (Å²) in [6, 6.07) is 13.7. The van der Waals surface area contributed by atoms with E-state index >= 15 is 0 Å². The van der Waals surface area contributed by atoms with Crippen molar-refractivity contribution in [3.05, 3.63) is 66.0 Å². The molecular weight excluding hydrogens is 339 g/mol. The Morgan fingerprint density at radius 2 is 1.81 bits per heavy atom. The molecule has 26 heavy (non-hydrogen) atoms. The van der Waals surface area contributed by atoms with Crippen LogP contribution in [0.2, 0.25) is 0 Å². The quantitative estimate of drug-likeness (QED) is 0.775. The second-order valence-electron chi connectivity index (χ2n) is 6.26. The Hall–Kier alpha value is -2.93. The summed E-state index contributed by atoms with van der Waals surface area (Å²) in [6.45, 7) is 1.29. The number of aliphatic hydroxyl groups excluding tert-OH is 1. The minimum absolute atomic E-state index is 0.134. The highest BCUT2D eigenvalue weighted by atomic mass is 19.1. The summed E-state index contributed by atoms with van der Waals surface area (Å²) in [7, 11) is 0. The predicted octanol–water partition coefficient (Wildman–Crippen LogP) is 2.03. The second kappa shape index (κ2) is 7.13. The van der Waals surface area contributed by atoms with Gasteiger partial charge >= 0.3 is 6.03 Å². The first-order chi connectivity index (χ1) is 12.4. The van der Waals surface area contributed by atoms with Crippen molar-refractivity contribution in [3.63, 3.8) is 0 Å². The van der Waals surface area contributed by atoms with Crippen molar-refractivity contribution in [3.8, 4) is 5.75 Å². The van der Waals surface area contributed by atoms with E-state index in [1.165, 1.54) is 24.3 Å². The van der Waals surface area contributed by atoms with Gasteiger partial charge in [-0.15, -0.1) is 0 Å². The first-order valence-corrected chi connectivity index (χ1v) is 8.16. The van der Waals surface area contributed by atoms with Crippen LogP contribution in [0, 0.1) is 5.82 Å². The number of urea groups is 1. The van der Waals surface area contributed by atoms with Gasteiger partial charge in [-0.3, -0.25) is 9.69 Å². The molecule has 1 aliphatic heterocycles. The van der Waals surface area contributed by atoms with Gasteiger partial charge in [0.2, 0.25) is 0 Å². The van der Waals surface area contributed by atoms with Crippen LogP contribution in [0.5, 0.6) is 5.75 Å². The number of amides is 3. The van der Waals surface area contributed by atoms with Crippen molar-refractivity contribution >= 4 is 11.9 Å². The lowest BCUT2D eigenvalue weighted by Gasteiger charge is -2.23. The number of carbonyl (C=O) groups is 2. The third-order valence-corrected chi connectivity index (χ3v) is 4.28. The molecule has 0 aromatic heterocycles. The van der Waals surface area contributed by atoms with E-state index in [-0.39, 0.29) is 13.2 Å². The number of rotatable bonds is 6. The molecule has 1 saturated heterocycles. The number of nitrogens with zero attached hydrogens (tertiary/aromatic N) is 1. The Labute approximate surface area is 150 Å². The number of ether oxygens (including phenoxy) is 1. The molecule has 2 N–H and O–H groups in total. The summed E-state index contributed by atoms with van der Waals surface area (Å²) in [5.74, 6) is -0.441. The number of β-amino-alcohol motifs (C(OH)–C–C–N with tert-alkyl or cyclic N) is 1. The summed E-state index contributed by atoms with van der Waals surface area (Å²) in [5.41, 5.74) is -0.506. The van der Waals surface area contributed by atoms with Crippen molar-refractivity contribution in [2.75, 3.05) is 13.2 Å². The molecule has 0 spiro atoms. The van der Waals surface area contributed by atoms with Gasteiger partial charge in [0.05, 0.1) is 6.54 Å². The Balaban J connectivity index is 1.63. The van der Waals surface area contributed by atoms with Crippen molar-refractivity contribution in [2.24, 2.45) is 0 Å². The van der Waals surface area contributed by atoms with Gasteiger partial charge in [0.15, 0.2) is 0 Å². The lowest BCUT2D eigenvalue weighted by molar-refractivity contribution is -0.132. The number of benzene rings is 2. The SMILES string of the molecule is CC1(c2ccccc2)NC(=O)N(CC(O)COc2ccc(F)cc2)C1=O. The highest BCUT2D eigenvalue weighted by Gasteiger charge is 2.49. The fourth-order valence-corrected chi connectivity index (χ4v) is 2.82. The molecule has 6 nitrogen and oxygen atoms in total. The fraction of sp³-hybridized carbons (Fsp3) is 0.263. The maximum atomic E-state index is 12.9. The van der Waals surface area contributed by atoms with Gasteiger partial charge in [-0.05, 0) is 36.8 Å². The topological polar surface area (TPSA) is 78.9 Å². The van der Waals surface area contributed by atoms with E-state index < -0.39 is 29.4 Å². The Morgan fingerprint density at radius 3 is 2.46 bits per heavy atom. The molecular formula is C19H19FN2O4. The molecule has 0 radical (unpaired) electrons. The minimum atomic E-state index is -1.17. The van der Waals surface area contributed by atoms with Crippen molar-refractivity contribution in [1.29, 1.82) is 0 Å². The van der Waals surface area contributed by atoms with Crippen LogP contribution in [0.4, 0.5) is 9.18 Å². The molecule has 1 heterocycles. The number of halogens is 1. The van der Waals surface area contributed by atoms with Gasteiger partial charge in [0, 0.05) is 0 Å². The van der Waals surface area contributed by atoms with Crippen LogP contribution in [0.1, 0.15) is 12.5 Å². The summed E-state index contributed by atoms with van der Waals surface area (Å²) in [5, 5.41) is 12.8. The Bertz CT molecular complexity index is 797. The van der Waals surface area contributed by atoms with Crippen LogP contribution in [0.25, 0.3) is 0 Å². The van der Waals surface area contributed by atoms with Gasteiger partial charge < -0.3 is 15.2 Å². The first-order valence-electron chi connectivity index (χ1n) is 8.16. The molecule has 0 bridgehead atoms. The molecule has 0 saturated carbocycles. The fourth-order valence-electron chi connectivity index (χ4n) is 2.82. The average Bonchev–Trinajstić information content (AvgIpc) is 2.86. The highest BCUT2D eigenvalue weighted by molar-refractivity contribution is 6.07. The van der Waals surface area contributed by atoms with Crippen molar-refractivity contribution < 1.29 is 23.8 Å². The number of imide groups is 1. The Morgan fingerprint density at radius 1 is 1.15 bits per heavy atom. The Kier molecular flexibility index (Phi) is 4.90. The first kappa shape index (κ1) is 17.9. The molecule has 136 valence electrons. The van der Waals surface area contributed by atoms with Gasteiger partial charge in [0.25, 0.3) is 5.91 Å². The van der Waals surface area contributed by atoms with Crippen LogP contribution in [0.3, 0.4) is 0 Å². The third kappa shape index (κ3) is 3.52. The van der Waals surface area contributed by atoms with Crippen molar-refractivity contribution in [1.82, 2.24) is 10.2 Å². The molecule has 1 fully saturated rings. The van der Waals surface area contributed by atoms with E-state index in [0.29, 0.717) is 11.3 Å². The van der Waals surface area contributed by atoms with Gasteiger partial charge in [0.1, 0.15) is 29.8 Å². The lowest BCUT2D eigenvalue weighted by Crippen LogP contribution is -2.42. The largest absolute Gasteiger partial charge is 0.491 e. The number of hydrogen-bond donors (Lipinski definition) is 2. The zero-order valence-electron chi connectivity index (χ0n) is 14.2. The molecule has 2 aromatic rings. The molecule has 3 rings (SSSR count). The van der Waals surface area contributed by atoms with E-state index in [9.17, 15) is 19.1 Å². The molecule has 0 aliphatic carbocycles. The minimum Gasteiger partial charge on any atom is -0.491 e.